The normalized spacial score (nSPS) is 16.1. The molecule has 0 radical (unpaired) electrons. The lowest BCUT2D eigenvalue weighted by Crippen LogP contribution is -2.38. The second-order valence-corrected chi connectivity index (χ2v) is 6.32. The van der Waals surface area contributed by atoms with E-state index in [-0.39, 0.29) is 11.8 Å². The van der Waals surface area contributed by atoms with Gasteiger partial charge in [-0.15, -0.1) is 0 Å². The molecule has 1 heterocycles. The molecule has 1 amide bonds. The Labute approximate surface area is 128 Å². The molecule has 2 N–H and O–H groups in total. The Bertz CT molecular complexity index is 433. The van der Waals surface area contributed by atoms with Gasteiger partial charge in [-0.2, -0.15) is 0 Å². The molecule has 1 saturated heterocycles. The quantitative estimate of drug-likeness (QED) is 0.790. The molecule has 116 valence electrons. The Hall–Kier alpha value is -1.35. The maximum absolute atomic E-state index is 12.0. The summed E-state index contributed by atoms with van der Waals surface area (Å²) < 4.78 is 0. The van der Waals surface area contributed by atoms with E-state index in [0.717, 1.165) is 45.3 Å². The molecule has 1 aromatic rings. The average Bonchev–Trinajstić information content (AvgIpc) is 2.52. The van der Waals surface area contributed by atoms with Crippen LogP contribution in [-0.2, 0) is 11.2 Å². The van der Waals surface area contributed by atoms with Gasteiger partial charge in [-0.05, 0) is 55.8 Å². The van der Waals surface area contributed by atoms with Crippen molar-refractivity contribution in [3.05, 3.63) is 35.4 Å². The highest BCUT2D eigenvalue weighted by atomic mass is 16.1. The molecule has 0 atom stereocenters. The Morgan fingerprint density at radius 2 is 1.90 bits per heavy atom. The molecular formula is C18H28N2O. The van der Waals surface area contributed by atoms with E-state index >= 15 is 0 Å². The minimum atomic E-state index is 0.219. The second kappa shape index (κ2) is 8.18. The number of hydrogen-bond donors (Lipinski definition) is 2. The first-order valence-electron chi connectivity index (χ1n) is 8.24. The number of carbonyl (C=O) groups is 1. The number of aryl methyl sites for hydroxylation is 1. The summed E-state index contributed by atoms with van der Waals surface area (Å²) in [7, 11) is 0. The van der Waals surface area contributed by atoms with Crippen molar-refractivity contribution >= 4 is 5.91 Å². The molecule has 0 aliphatic carbocycles. The number of carbonyl (C=O) groups excluding carboxylic acids is 1. The van der Waals surface area contributed by atoms with Gasteiger partial charge in [0, 0.05) is 12.5 Å². The second-order valence-electron chi connectivity index (χ2n) is 6.32. The molecule has 1 aliphatic rings. The van der Waals surface area contributed by atoms with Crippen LogP contribution in [0.5, 0.6) is 0 Å². The number of rotatable bonds is 6. The topological polar surface area (TPSA) is 41.1 Å². The smallest absolute Gasteiger partial charge is 0.223 e. The van der Waals surface area contributed by atoms with E-state index in [1.165, 1.54) is 11.1 Å². The Morgan fingerprint density at radius 3 is 2.52 bits per heavy atom. The zero-order chi connectivity index (χ0) is 15.1. The molecule has 3 nitrogen and oxygen atoms in total. The lowest BCUT2D eigenvalue weighted by molar-refractivity contribution is -0.125. The minimum Gasteiger partial charge on any atom is -0.356 e. The van der Waals surface area contributed by atoms with Gasteiger partial charge in [0.25, 0.3) is 0 Å². The van der Waals surface area contributed by atoms with E-state index in [2.05, 4.69) is 48.7 Å². The lowest BCUT2D eigenvalue weighted by atomic mass is 9.97. The van der Waals surface area contributed by atoms with Gasteiger partial charge in [0.2, 0.25) is 5.91 Å². The molecule has 0 saturated carbocycles. The van der Waals surface area contributed by atoms with Crippen LogP contribution in [-0.4, -0.2) is 25.5 Å². The van der Waals surface area contributed by atoms with Gasteiger partial charge < -0.3 is 10.6 Å². The summed E-state index contributed by atoms with van der Waals surface area (Å²) in [5, 5.41) is 6.38. The number of piperidine rings is 1. The van der Waals surface area contributed by atoms with E-state index in [9.17, 15) is 4.79 Å². The van der Waals surface area contributed by atoms with Crippen LogP contribution < -0.4 is 10.6 Å². The van der Waals surface area contributed by atoms with Gasteiger partial charge in [0.1, 0.15) is 0 Å². The third-order valence-corrected chi connectivity index (χ3v) is 4.30. The largest absolute Gasteiger partial charge is 0.356 e. The molecular weight excluding hydrogens is 260 g/mol. The van der Waals surface area contributed by atoms with Crippen molar-refractivity contribution in [2.75, 3.05) is 19.6 Å². The highest BCUT2D eigenvalue weighted by Gasteiger charge is 2.19. The van der Waals surface area contributed by atoms with Gasteiger partial charge in [-0.3, -0.25) is 4.79 Å². The first-order valence-corrected chi connectivity index (χ1v) is 8.24. The van der Waals surface area contributed by atoms with Crippen molar-refractivity contribution in [1.82, 2.24) is 10.6 Å². The molecule has 1 fully saturated rings. The van der Waals surface area contributed by atoms with Crippen LogP contribution in [0, 0.1) is 5.92 Å². The number of amides is 1. The van der Waals surface area contributed by atoms with Gasteiger partial charge in [-0.1, -0.05) is 38.1 Å². The van der Waals surface area contributed by atoms with E-state index in [0.29, 0.717) is 5.92 Å². The highest BCUT2D eigenvalue weighted by Crippen LogP contribution is 2.15. The number of benzene rings is 1. The summed E-state index contributed by atoms with van der Waals surface area (Å²) in [6.07, 6.45) is 3.99. The van der Waals surface area contributed by atoms with E-state index < -0.39 is 0 Å². The zero-order valence-electron chi connectivity index (χ0n) is 13.3. The average molecular weight is 288 g/mol. The van der Waals surface area contributed by atoms with Gasteiger partial charge >= 0.3 is 0 Å². The lowest BCUT2D eigenvalue weighted by Gasteiger charge is -2.21. The van der Waals surface area contributed by atoms with Crippen LogP contribution in [0.1, 0.15) is 50.2 Å². The number of hydrogen-bond acceptors (Lipinski definition) is 2. The standard InChI is InChI=1S/C18H28N2O/c1-14(2)16-7-5-15(6-8-16)4-3-11-20-18(21)17-9-12-19-13-10-17/h5-8,14,17,19H,3-4,9-13H2,1-2H3,(H,20,21). The summed E-state index contributed by atoms with van der Waals surface area (Å²) >= 11 is 0. The maximum Gasteiger partial charge on any atom is 0.223 e. The van der Waals surface area contributed by atoms with Crippen molar-refractivity contribution in [3.8, 4) is 0 Å². The predicted molar refractivity (Wildman–Crippen MR) is 87.5 cm³/mol. The van der Waals surface area contributed by atoms with Crippen molar-refractivity contribution in [2.45, 2.75) is 45.4 Å². The zero-order valence-corrected chi connectivity index (χ0v) is 13.3. The summed E-state index contributed by atoms with van der Waals surface area (Å²) in [5.41, 5.74) is 2.74. The van der Waals surface area contributed by atoms with E-state index in [1.54, 1.807) is 0 Å². The first-order chi connectivity index (χ1) is 10.2. The molecule has 21 heavy (non-hydrogen) atoms. The van der Waals surface area contributed by atoms with Crippen molar-refractivity contribution < 1.29 is 4.79 Å². The maximum atomic E-state index is 12.0. The molecule has 1 aliphatic heterocycles. The first kappa shape index (κ1) is 16.0. The molecule has 0 bridgehead atoms. The molecule has 0 spiro atoms. The van der Waals surface area contributed by atoms with Crippen LogP contribution in [0.25, 0.3) is 0 Å². The Kier molecular flexibility index (Phi) is 6.24. The van der Waals surface area contributed by atoms with Gasteiger partial charge in [0.15, 0.2) is 0 Å². The fourth-order valence-electron chi connectivity index (χ4n) is 2.80. The van der Waals surface area contributed by atoms with Crippen LogP contribution in [0.3, 0.4) is 0 Å². The minimum absolute atomic E-state index is 0.219. The van der Waals surface area contributed by atoms with Crippen molar-refractivity contribution in [3.63, 3.8) is 0 Å². The summed E-state index contributed by atoms with van der Waals surface area (Å²) in [4.78, 5) is 12.0. The Balaban J connectivity index is 1.66. The molecule has 0 unspecified atom stereocenters. The monoisotopic (exact) mass is 288 g/mol. The molecule has 0 aromatic heterocycles. The van der Waals surface area contributed by atoms with Crippen LogP contribution >= 0.6 is 0 Å². The molecule has 3 heteroatoms. The van der Waals surface area contributed by atoms with Crippen LogP contribution in [0.15, 0.2) is 24.3 Å². The van der Waals surface area contributed by atoms with Crippen molar-refractivity contribution in [2.24, 2.45) is 5.92 Å². The molecule has 2 rings (SSSR count). The summed E-state index contributed by atoms with van der Waals surface area (Å²) in [6.45, 7) is 7.16. The summed E-state index contributed by atoms with van der Waals surface area (Å²) in [6, 6.07) is 8.86. The third-order valence-electron chi connectivity index (χ3n) is 4.30. The summed E-state index contributed by atoms with van der Waals surface area (Å²) in [5.74, 6) is 1.05. The SMILES string of the molecule is CC(C)c1ccc(CCCNC(=O)C2CCNCC2)cc1. The van der Waals surface area contributed by atoms with Crippen molar-refractivity contribution in [1.29, 1.82) is 0 Å². The predicted octanol–water partition coefficient (Wildman–Crippen LogP) is 2.86. The molecule has 1 aromatic carbocycles. The van der Waals surface area contributed by atoms with Gasteiger partial charge in [-0.25, -0.2) is 0 Å². The highest BCUT2D eigenvalue weighted by molar-refractivity contribution is 5.78. The van der Waals surface area contributed by atoms with Gasteiger partial charge in [0.05, 0.1) is 0 Å². The van der Waals surface area contributed by atoms with E-state index in [4.69, 9.17) is 0 Å². The Morgan fingerprint density at radius 1 is 1.24 bits per heavy atom. The van der Waals surface area contributed by atoms with Crippen LogP contribution in [0.2, 0.25) is 0 Å². The fourth-order valence-corrected chi connectivity index (χ4v) is 2.80. The third kappa shape index (κ3) is 5.16. The van der Waals surface area contributed by atoms with Crippen LogP contribution in [0.4, 0.5) is 0 Å². The number of nitrogens with one attached hydrogen (secondary N) is 2. The van der Waals surface area contributed by atoms with E-state index in [1.807, 2.05) is 0 Å². The fraction of sp³-hybridized carbons (Fsp3) is 0.611.